The highest BCUT2D eigenvalue weighted by atomic mass is 19.1. The van der Waals surface area contributed by atoms with E-state index in [1.54, 1.807) is 13.8 Å². The number of anilines is 3. The van der Waals surface area contributed by atoms with E-state index in [4.69, 9.17) is 5.84 Å². The predicted octanol–water partition coefficient (Wildman–Crippen LogP) is 2.40. The zero-order valence-corrected chi connectivity index (χ0v) is 10.5. The van der Waals surface area contributed by atoms with E-state index in [0.717, 1.165) is 0 Å². The Bertz CT molecular complexity index is 615. The fourth-order valence-corrected chi connectivity index (χ4v) is 1.60. The highest BCUT2D eigenvalue weighted by molar-refractivity contribution is 5.61. The second kappa shape index (κ2) is 5.15. The van der Waals surface area contributed by atoms with Gasteiger partial charge in [0, 0.05) is 6.07 Å². The number of benzene rings is 1. The quantitative estimate of drug-likeness (QED) is 0.587. The molecule has 5 nitrogen and oxygen atoms in total. The molecule has 7 heteroatoms. The number of aromatic nitrogens is 2. The molecule has 0 saturated heterocycles. The molecule has 2 aromatic rings. The molecule has 4 N–H and O–H groups in total. The molecule has 0 aliphatic carbocycles. The third-order valence-electron chi connectivity index (χ3n) is 2.52. The van der Waals surface area contributed by atoms with Gasteiger partial charge in [-0.1, -0.05) is 6.07 Å². The number of aryl methyl sites for hydroxylation is 2. The number of nitrogens with one attached hydrogen (secondary N) is 2. The Kier molecular flexibility index (Phi) is 3.57. The van der Waals surface area contributed by atoms with Crippen molar-refractivity contribution in [3.05, 3.63) is 41.2 Å². The maximum atomic E-state index is 13.8. The lowest BCUT2D eigenvalue weighted by Gasteiger charge is -2.11. The highest BCUT2D eigenvalue weighted by Crippen LogP contribution is 2.25. The Morgan fingerprint density at radius 1 is 1.11 bits per heavy atom. The Hall–Kier alpha value is -2.28. The van der Waals surface area contributed by atoms with Gasteiger partial charge in [-0.2, -0.15) is 0 Å². The Morgan fingerprint density at radius 2 is 1.79 bits per heavy atom. The Morgan fingerprint density at radius 3 is 2.47 bits per heavy atom. The van der Waals surface area contributed by atoms with E-state index in [2.05, 4.69) is 20.7 Å². The molecule has 0 atom stereocenters. The molecular formula is C12H13F2N5. The van der Waals surface area contributed by atoms with Crippen LogP contribution in [-0.2, 0) is 0 Å². The van der Waals surface area contributed by atoms with Gasteiger partial charge in [0.1, 0.15) is 29.0 Å². The van der Waals surface area contributed by atoms with E-state index >= 15 is 0 Å². The number of hydrogen-bond donors (Lipinski definition) is 3. The molecule has 1 aromatic heterocycles. The summed E-state index contributed by atoms with van der Waals surface area (Å²) in [6, 6.07) is 4.01. The van der Waals surface area contributed by atoms with Crippen molar-refractivity contribution in [2.24, 2.45) is 5.84 Å². The standard InChI is InChI=1S/C12H13F2N5/c1-6-3-4-8(13)12(11(6)14)18-9-5-10(19-15)17-7(2)16-9/h3-5H,15H2,1-2H3,(H2,16,17,18,19). The molecule has 0 unspecified atom stereocenters. The fraction of sp³-hybridized carbons (Fsp3) is 0.167. The van der Waals surface area contributed by atoms with Crippen molar-refractivity contribution in [3.8, 4) is 0 Å². The molecule has 0 saturated carbocycles. The van der Waals surface area contributed by atoms with E-state index in [1.165, 1.54) is 18.2 Å². The maximum absolute atomic E-state index is 13.8. The number of rotatable bonds is 3. The molecule has 0 fully saturated rings. The summed E-state index contributed by atoms with van der Waals surface area (Å²) in [5.41, 5.74) is 2.45. The first kappa shape index (κ1) is 13.2. The summed E-state index contributed by atoms with van der Waals surface area (Å²) in [6.07, 6.45) is 0. The SMILES string of the molecule is Cc1nc(NN)cc(Nc2c(F)ccc(C)c2F)n1. The van der Waals surface area contributed by atoms with Crippen molar-refractivity contribution in [2.75, 3.05) is 10.7 Å². The van der Waals surface area contributed by atoms with Crippen LogP contribution >= 0.6 is 0 Å². The van der Waals surface area contributed by atoms with E-state index in [-0.39, 0.29) is 11.5 Å². The molecular weight excluding hydrogens is 252 g/mol. The molecule has 0 radical (unpaired) electrons. The third-order valence-corrected chi connectivity index (χ3v) is 2.52. The monoisotopic (exact) mass is 265 g/mol. The molecule has 0 bridgehead atoms. The fourth-order valence-electron chi connectivity index (χ4n) is 1.60. The number of hydrogen-bond acceptors (Lipinski definition) is 5. The van der Waals surface area contributed by atoms with Crippen molar-refractivity contribution in [1.82, 2.24) is 9.97 Å². The first-order valence-electron chi connectivity index (χ1n) is 5.55. The van der Waals surface area contributed by atoms with Crippen LogP contribution in [0.4, 0.5) is 26.1 Å². The van der Waals surface area contributed by atoms with Gasteiger partial charge in [0.05, 0.1) is 0 Å². The van der Waals surface area contributed by atoms with Crippen LogP contribution in [0.15, 0.2) is 18.2 Å². The lowest BCUT2D eigenvalue weighted by molar-refractivity contribution is 0.584. The van der Waals surface area contributed by atoms with Gasteiger partial charge in [0.2, 0.25) is 0 Å². The van der Waals surface area contributed by atoms with Gasteiger partial charge in [0.15, 0.2) is 5.82 Å². The van der Waals surface area contributed by atoms with Gasteiger partial charge >= 0.3 is 0 Å². The lowest BCUT2D eigenvalue weighted by atomic mass is 10.2. The zero-order chi connectivity index (χ0) is 14.0. The van der Waals surface area contributed by atoms with Crippen LogP contribution in [0.1, 0.15) is 11.4 Å². The van der Waals surface area contributed by atoms with Gasteiger partial charge in [-0.15, -0.1) is 0 Å². The van der Waals surface area contributed by atoms with E-state index in [0.29, 0.717) is 17.2 Å². The average molecular weight is 265 g/mol. The summed E-state index contributed by atoms with van der Waals surface area (Å²) in [6.45, 7) is 3.20. The number of nitrogens with two attached hydrogens (primary N) is 1. The Balaban J connectivity index is 2.41. The van der Waals surface area contributed by atoms with Crippen LogP contribution in [0.2, 0.25) is 0 Å². The molecule has 1 aromatic carbocycles. The molecule has 100 valence electrons. The second-order valence-electron chi connectivity index (χ2n) is 4.01. The number of hydrazine groups is 1. The van der Waals surface area contributed by atoms with Crippen LogP contribution in [0, 0.1) is 25.5 Å². The summed E-state index contributed by atoms with van der Waals surface area (Å²) >= 11 is 0. The van der Waals surface area contributed by atoms with Crippen molar-refractivity contribution >= 4 is 17.3 Å². The van der Waals surface area contributed by atoms with Gasteiger partial charge < -0.3 is 10.7 Å². The maximum Gasteiger partial charge on any atom is 0.152 e. The molecule has 19 heavy (non-hydrogen) atoms. The van der Waals surface area contributed by atoms with Crippen molar-refractivity contribution in [3.63, 3.8) is 0 Å². The van der Waals surface area contributed by atoms with E-state index in [9.17, 15) is 8.78 Å². The van der Waals surface area contributed by atoms with E-state index in [1.807, 2.05) is 0 Å². The smallest absolute Gasteiger partial charge is 0.152 e. The molecule has 0 amide bonds. The van der Waals surface area contributed by atoms with Gasteiger partial charge in [-0.05, 0) is 25.5 Å². The van der Waals surface area contributed by atoms with Crippen LogP contribution < -0.4 is 16.6 Å². The number of nitrogens with zero attached hydrogens (tertiary/aromatic N) is 2. The number of halogens is 2. The minimum absolute atomic E-state index is 0.249. The van der Waals surface area contributed by atoms with Crippen molar-refractivity contribution in [1.29, 1.82) is 0 Å². The molecule has 0 aliphatic rings. The number of nitrogen functional groups attached to an aromatic ring is 1. The van der Waals surface area contributed by atoms with Crippen molar-refractivity contribution < 1.29 is 8.78 Å². The first-order valence-corrected chi connectivity index (χ1v) is 5.55. The molecule has 0 aliphatic heterocycles. The minimum Gasteiger partial charge on any atom is -0.335 e. The lowest BCUT2D eigenvalue weighted by Crippen LogP contribution is -2.11. The van der Waals surface area contributed by atoms with Crippen LogP contribution in [0.5, 0.6) is 0 Å². The second-order valence-corrected chi connectivity index (χ2v) is 4.01. The van der Waals surface area contributed by atoms with Crippen LogP contribution in [-0.4, -0.2) is 9.97 Å². The predicted molar refractivity (Wildman–Crippen MR) is 69.0 cm³/mol. The van der Waals surface area contributed by atoms with Crippen LogP contribution in [0.3, 0.4) is 0 Å². The van der Waals surface area contributed by atoms with E-state index < -0.39 is 11.6 Å². The summed E-state index contributed by atoms with van der Waals surface area (Å²) in [7, 11) is 0. The molecule has 2 rings (SSSR count). The summed E-state index contributed by atoms with van der Waals surface area (Å²) < 4.78 is 27.5. The normalized spacial score (nSPS) is 10.4. The summed E-state index contributed by atoms with van der Waals surface area (Å²) in [5.74, 6) is 4.93. The highest BCUT2D eigenvalue weighted by Gasteiger charge is 2.12. The van der Waals surface area contributed by atoms with Crippen LogP contribution in [0.25, 0.3) is 0 Å². The van der Waals surface area contributed by atoms with Gasteiger partial charge in [-0.3, -0.25) is 0 Å². The molecule has 0 spiro atoms. The minimum atomic E-state index is -0.693. The van der Waals surface area contributed by atoms with Crippen molar-refractivity contribution in [2.45, 2.75) is 13.8 Å². The largest absolute Gasteiger partial charge is 0.335 e. The first-order chi connectivity index (χ1) is 9.01. The van der Waals surface area contributed by atoms with Gasteiger partial charge in [0.25, 0.3) is 0 Å². The third kappa shape index (κ3) is 2.76. The Labute approximate surface area is 108 Å². The summed E-state index contributed by atoms with van der Waals surface area (Å²) in [4.78, 5) is 8.02. The average Bonchev–Trinajstić information content (AvgIpc) is 2.38. The topological polar surface area (TPSA) is 75.9 Å². The van der Waals surface area contributed by atoms with Gasteiger partial charge in [-0.25, -0.2) is 24.6 Å². The zero-order valence-electron chi connectivity index (χ0n) is 10.5. The summed E-state index contributed by atoms with van der Waals surface area (Å²) in [5, 5.41) is 2.60. The molecule has 1 heterocycles.